The van der Waals surface area contributed by atoms with Crippen LogP contribution in [-0.4, -0.2) is 50.6 Å². The number of piperidine rings is 1. The van der Waals surface area contributed by atoms with Crippen LogP contribution >= 0.6 is 11.3 Å². The molecule has 0 saturated carbocycles. The molecule has 2 N–H and O–H groups in total. The molecule has 0 bridgehead atoms. The molecule has 1 saturated heterocycles. The van der Waals surface area contributed by atoms with Crippen molar-refractivity contribution in [3.05, 3.63) is 17.0 Å². The lowest BCUT2D eigenvalue weighted by Crippen LogP contribution is -2.33. The van der Waals surface area contributed by atoms with Gasteiger partial charge in [0, 0.05) is 11.9 Å². The highest BCUT2D eigenvalue weighted by Crippen LogP contribution is 2.20. The van der Waals surface area contributed by atoms with Gasteiger partial charge >= 0.3 is 5.97 Å². The van der Waals surface area contributed by atoms with Gasteiger partial charge in [-0.15, -0.1) is 11.3 Å². The Kier molecular flexibility index (Phi) is 5.74. The van der Waals surface area contributed by atoms with Gasteiger partial charge in [-0.1, -0.05) is 6.42 Å². The van der Waals surface area contributed by atoms with Crippen LogP contribution in [0.5, 0.6) is 0 Å². The van der Waals surface area contributed by atoms with Crippen LogP contribution in [0.3, 0.4) is 0 Å². The molecule has 21 heavy (non-hydrogen) atoms. The third-order valence-corrected chi connectivity index (χ3v) is 6.38. The van der Waals surface area contributed by atoms with Crippen LogP contribution in [0, 0.1) is 0 Å². The van der Waals surface area contributed by atoms with Crippen LogP contribution in [0.1, 0.15) is 36.0 Å². The zero-order valence-electron chi connectivity index (χ0n) is 11.7. The molecule has 0 radical (unpaired) electrons. The van der Waals surface area contributed by atoms with Crippen molar-refractivity contribution in [1.82, 2.24) is 9.62 Å². The second-order valence-electron chi connectivity index (χ2n) is 5.11. The minimum atomic E-state index is -3.59. The smallest absolute Gasteiger partial charge is 0.336 e. The highest BCUT2D eigenvalue weighted by Gasteiger charge is 2.18. The molecule has 0 atom stereocenters. The normalized spacial score (nSPS) is 17.0. The summed E-state index contributed by atoms with van der Waals surface area (Å²) in [5.74, 6) is -1.11. The minimum Gasteiger partial charge on any atom is -0.478 e. The monoisotopic (exact) mass is 332 g/mol. The van der Waals surface area contributed by atoms with Crippen molar-refractivity contribution in [1.29, 1.82) is 0 Å². The van der Waals surface area contributed by atoms with Crippen LogP contribution in [0.2, 0.25) is 0 Å². The van der Waals surface area contributed by atoms with Crippen molar-refractivity contribution < 1.29 is 18.3 Å². The van der Waals surface area contributed by atoms with Crippen LogP contribution in [-0.2, 0) is 10.0 Å². The number of thiophene rings is 1. The molecule has 2 heterocycles. The molecule has 0 aliphatic carbocycles. The SMILES string of the molecule is O=C(O)c1csc(S(=O)(=O)NCCCN2CCCCC2)c1. The molecule has 2 rings (SSSR count). The molecular formula is C13H20N2O4S2. The zero-order chi connectivity index (χ0) is 15.3. The van der Waals surface area contributed by atoms with Gasteiger partial charge in [-0.25, -0.2) is 17.9 Å². The number of hydrogen-bond donors (Lipinski definition) is 2. The van der Waals surface area contributed by atoms with Gasteiger partial charge in [0.05, 0.1) is 5.56 Å². The number of likely N-dealkylation sites (tertiary alicyclic amines) is 1. The molecule has 1 aromatic heterocycles. The van der Waals surface area contributed by atoms with Crippen molar-refractivity contribution in [2.75, 3.05) is 26.2 Å². The highest BCUT2D eigenvalue weighted by atomic mass is 32.2. The first-order chi connectivity index (χ1) is 9.99. The third kappa shape index (κ3) is 4.77. The van der Waals surface area contributed by atoms with Gasteiger partial charge in [0.2, 0.25) is 10.0 Å². The van der Waals surface area contributed by atoms with Crippen LogP contribution in [0.15, 0.2) is 15.7 Å². The Hall–Kier alpha value is -0.960. The Morgan fingerprint density at radius 3 is 2.67 bits per heavy atom. The highest BCUT2D eigenvalue weighted by molar-refractivity contribution is 7.91. The van der Waals surface area contributed by atoms with Crippen LogP contribution < -0.4 is 4.72 Å². The number of rotatable bonds is 7. The fourth-order valence-corrected chi connectivity index (χ4v) is 4.61. The third-order valence-electron chi connectivity index (χ3n) is 3.48. The predicted molar refractivity (Wildman–Crippen MR) is 81.4 cm³/mol. The van der Waals surface area contributed by atoms with Gasteiger partial charge in [-0.05, 0) is 45.0 Å². The van der Waals surface area contributed by atoms with Gasteiger partial charge in [-0.2, -0.15) is 0 Å². The maximum atomic E-state index is 12.0. The quantitative estimate of drug-likeness (QED) is 0.741. The summed E-state index contributed by atoms with van der Waals surface area (Å²) in [5, 5.41) is 10.1. The fourth-order valence-electron chi connectivity index (χ4n) is 2.33. The van der Waals surface area contributed by atoms with E-state index in [0.29, 0.717) is 6.54 Å². The fraction of sp³-hybridized carbons (Fsp3) is 0.615. The first-order valence-electron chi connectivity index (χ1n) is 7.03. The first-order valence-corrected chi connectivity index (χ1v) is 9.39. The average molecular weight is 332 g/mol. The van der Waals surface area contributed by atoms with E-state index < -0.39 is 16.0 Å². The minimum absolute atomic E-state index is 0.00805. The zero-order valence-corrected chi connectivity index (χ0v) is 13.4. The van der Waals surface area contributed by atoms with E-state index in [-0.39, 0.29) is 9.77 Å². The Morgan fingerprint density at radius 2 is 2.05 bits per heavy atom. The van der Waals surface area contributed by atoms with Gasteiger partial charge in [0.15, 0.2) is 0 Å². The summed E-state index contributed by atoms with van der Waals surface area (Å²) in [4.78, 5) is 13.1. The standard InChI is InChI=1S/C13H20N2O4S2/c16-13(17)11-9-12(20-10-11)21(18,19)14-5-4-8-15-6-2-1-3-7-15/h9-10,14H,1-8H2,(H,16,17). The second kappa shape index (κ2) is 7.35. The Bertz CT molecular complexity index is 577. The summed E-state index contributed by atoms with van der Waals surface area (Å²) >= 11 is 0.929. The number of hydrogen-bond acceptors (Lipinski definition) is 5. The Labute approximate surface area is 128 Å². The molecule has 0 spiro atoms. The van der Waals surface area contributed by atoms with E-state index >= 15 is 0 Å². The molecule has 6 nitrogen and oxygen atoms in total. The van der Waals surface area contributed by atoms with Crippen molar-refractivity contribution in [3.63, 3.8) is 0 Å². The maximum Gasteiger partial charge on any atom is 0.336 e. The number of carboxylic acids is 1. The number of nitrogens with zero attached hydrogens (tertiary/aromatic N) is 1. The van der Waals surface area contributed by atoms with E-state index in [0.717, 1.165) is 37.4 Å². The number of carboxylic acid groups (broad SMARTS) is 1. The largest absolute Gasteiger partial charge is 0.478 e. The predicted octanol–water partition coefficient (Wildman–Crippen LogP) is 1.60. The summed E-state index contributed by atoms with van der Waals surface area (Å²) in [6.07, 6.45) is 4.49. The van der Waals surface area contributed by atoms with Gasteiger partial charge in [0.1, 0.15) is 4.21 Å². The topological polar surface area (TPSA) is 86.7 Å². The summed E-state index contributed by atoms with van der Waals surface area (Å²) < 4.78 is 26.6. The molecule has 0 unspecified atom stereocenters. The van der Waals surface area contributed by atoms with E-state index in [1.165, 1.54) is 30.7 Å². The van der Waals surface area contributed by atoms with Crippen molar-refractivity contribution in [2.45, 2.75) is 29.9 Å². The summed E-state index contributed by atoms with van der Waals surface area (Å²) in [6.45, 7) is 3.46. The average Bonchev–Trinajstić information content (AvgIpc) is 2.96. The lowest BCUT2D eigenvalue weighted by atomic mass is 10.1. The summed E-state index contributed by atoms with van der Waals surface area (Å²) in [5.41, 5.74) is 0.00805. The van der Waals surface area contributed by atoms with Crippen molar-refractivity contribution >= 4 is 27.3 Å². The Morgan fingerprint density at radius 1 is 1.33 bits per heavy atom. The molecular weight excluding hydrogens is 312 g/mol. The van der Waals surface area contributed by atoms with Gasteiger partial charge in [-0.3, -0.25) is 0 Å². The van der Waals surface area contributed by atoms with E-state index in [1.54, 1.807) is 0 Å². The molecule has 1 aliphatic rings. The molecule has 1 aromatic rings. The van der Waals surface area contributed by atoms with Gasteiger partial charge < -0.3 is 10.0 Å². The lowest BCUT2D eigenvalue weighted by molar-refractivity contribution is 0.0697. The lowest BCUT2D eigenvalue weighted by Gasteiger charge is -2.26. The number of sulfonamides is 1. The maximum absolute atomic E-state index is 12.0. The molecule has 118 valence electrons. The van der Waals surface area contributed by atoms with Crippen molar-refractivity contribution in [2.24, 2.45) is 0 Å². The second-order valence-corrected chi connectivity index (χ2v) is 8.02. The Balaban J connectivity index is 1.79. The molecule has 1 fully saturated rings. The van der Waals surface area contributed by atoms with E-state index in [2.05, 4.69) is 9.62 Å². The van der Waals surface area contributed by atoms with Crippen LogP contribution in [0.4, 0.5) is 0 Å². The van der Waals surface area contributed by atoms with Gasteiger partial charge in [0.25, 0.3) is 0 Å². The van der Waals surface area contributed by atoms with Crippen molar-refractivity contribution in [3.8, 4) is 0 Å². The molecule has 1 aliphatic heterocycles. The summed E-state index contributed by atoms with van der Waals surface area (Å²) in [7, 11) is -3.59. The first kappa shape index (κ1) is 16.4. The van der Waals surface area contributed by atoms with E-state index in [1.807, 2.05) is 0 Å². The number of carbonyl (C=O) groups is 1. The summed E-state index contributed by atoms with van der Waals surface area (Å²) in [6, 6.07) is 1.19. The number of nitrogens with one attached hydrogen (secondary N) is 1. The van der Waals surface area contributed by atoms with E-state index in [4.69, 9.17) is 5.11 Å². The van der Waals surface area contributed by atoms with E-state index in [9.17, 15) is 13.2 Å². The molecule has 8 heteroatoms. The van der Waals surface area contributed by atoms with Crippen LogP contribution in [0.25, 0.3) is 0 Å². The molecule has 0 amide bonds. The molecule has 0 aromatic carbocycles. The number of aromatic carboxylic acids is 1.